The maximum absolute atomic E-state index is 12.6. The summed E-state index contributed by atoms with van der Waals surface area (Å²) in [6, 6.07) is 14.9. The van der Waals surface area contributed by atoms with Crippen molar-refractivity contribution in [3.8, 4) is 17.0 Å². The Morgan fingerprint density at radius 1 is 1.17 bits per heavy atom. The van der Waals surface area contributed by atoms with E-state index in [9.17, 15) is 9.59 Å². The van der Waals surface area contributed by atoms with Crippen LogP contribution >= 0.6 is 0 Å². The molecule has 3 N–H and O–H groups in total. The summed E-state index contributed by atoms with van der Waals surface area (Å²) in [4.78, 5) is 23.3. The van der Waals surface area contributed by atoms with E-state index in [2.05, 4.69) is 26.8 Å². The fourth-order valence-electron chi connectivity index (χ4n) is 3.32. The summed E-state index contributed by atoms with van der Waals surface area (Å²) in [5.41, 5.74) is 7.36. The number of carbonyl (C=O) groups is 2. The summed E-state index contributed by atoms with van der Waals surface area (Å²) in [5.74, 6) is -1.10. The van der Waals surface area contributed by atoms with Crippen molar-refractivity contribution in [1.82, 2.24) is 15.6 Å². The molecule has 1 amide bonds. The Morgan fingerprint density at radius 2 is 1.97 bits per heavy atom. The Kier molecular flexibility index (Phi) is 5.07. The Morgan fingerprint density at radius 3 is 2.83 bits per heavy atom. The highest BCUT2D eigenvalue weighted by Crippen LogP contribution is 2.33. The Bertz CT molecular complexity index is 1100. The lowest BCUT2D eigenvalue weighted by atomic mass is 9.89. The minimum Gasteiger partial charge on any atom is -0.481 e. The van der Waals surface area contributed by atoms with E-state index in [4.69, 9.17) is 9.84 Å². The lowest BCUT2D eigenvalue weighted by Crippen LogP contribution is -2.20. The summed E-state index contributed by atoms with van der Waals surface area (Å²) < 4.78 is 5.22. The summed E-state index contributed by atoms with van der Waals surface area (Å²) in [7, 11) is 0. The van der Waals surface area contributed by atoms with Gasteiger partial charge in [0, 0.05) is 16.7 Å². The van der Waals surface area contributed by atoms with Gasteiger partial charge in [-0.05, 0) is 30.5 Å². The predicted molar refractivity (Wildman–Crippen MR) is 106 cm³/mol. The van der Waals surface area contributed by atoms with Crippen LogP contribution in [0.2, 0.25) is 0 Å². The number of hydrogen-bond acceptors (Lipinski definition) is 5. The van der Waals surface area contributed by atoms with Crippen LogP contribution < -0.4 is 10.2 Å². The van der Waals surface area contributed by atoms with E-state index in [1.54, 1.807) is 24.3 Å². The van der Waals surface area contributed by atoms with Crippen molar-refractivity contribution in [2.45, 2.75) is 12.8 Å². The number of carbonyl (C=O) groups excluding carboxylic acids is 1. The zero-order chi connectivity index (χ0) is 20.2. The number of H-pyrrole nitrogens is 1. The van der Waals surface area contributed by atoms with E-state index in [1.165, 1.54) is 11.8 Å². The fraction of sp³-hybridized carbons (Fsp3) is 0.143. The molecule has 0 saturated carbocycles. The number of aromatic amines is 1. The van der Waals surface area contributed by atoms with Crippen LogP contribution in [0.25, 0.3) is 11.3 Å². The molecule has 4 rings (SSSR count). The minimum absolute atomic E-state index is 0.364. The van der Waals surface area contributed by atoms with Gasteiger partial charge in [0.2, 0.25) is 0 Å². The molecule has 8 nitrogen and oxygen atoms in total. The van der Waals surface area contributed by atoms with Crippen LogP contribution in [-0.4, -0.2) is 40.0 Å². The van der Waals surface area contributed by atoms with Crippen molar-refractivity contribution in [2.75, 3.05) is 6.61 Å². The van der Waals surface area contributed by atoms with Gasteiger partial charge in [-0.2, -0.15) is 10.2 Å². The van der Waals surface area contributed by atoms with Crippen molar-refractivity contribution in [2.24, 2.45) is 5.10 Å². The van der Waals surface area contributed by atoms with E-state index in [1.807, 2.05) is 18.2 Å². The first kappa shape index (κ1) is 18.4. The van der Waals surface area contributed by atoms with Gasteiger partial charge in [-0.3, -0.25) is 9.89 Å². The third-order valence-electron chi connectivity index (χ3n) is 4.65. The van der Waals surface area contributed by atoms with Crippen LogP contribution in [0.4, 0.5) is 0 Å². The zero-order valence-corrected chi connectivity index (χ0v) is 15.4. The van der Waals surface area contributed by atoms with Gasteiger partial charge in [0.05, 0.1) is 11.9 Å². The average molecular weight is 390 g/mol. The number of ether oxygens (including phenoxy) is 1. The quantitative estimate of drug-likeness (QED) is 0.441. The third kappa shape index (κ3) is 3.86. The second-order valence-corrected chi connectivity index (χ2v) is 6.50. The first-order valence-electron chi connectivity index (χ1n) is 9.06. The number of carboxylic acid groups (broad SMARTS) is 1. The van der Waals surface area contributed by atoms with E-state index in [0.717, 1.165) is 29.7 Å². The summed E-state index contributed by atoms with van der Waals surface area (Å²) in [5, 5.41) is 19.9. The second-order valence-electron chi connectivity index (χ2n) is 6.50. The number of benzene rings is 2. The molecule has 29 heavy (non-hydrogen) atoms. The molecule has 0 aliphatic heterocycles. The molecule has 0 atom stereocenters. The molecule has 3 aromatic rings. The van der Waals surface area contributed by atoms with Gasteiger partial charge in [-0.1, -0.05) is 36.4 Å². The maximum atomic E-state index is 12.6. The lowest BCUT2D eigenvalue weighted by Gasteiger charge is -2.15. The van der Waals surface area contributed by atoms with Crippen LogP contribution in [0, 0.1) is 0 Å². The molecule has 0 radical (unpaired) electrons. The average Bonchev–Trinajstić information content (AvgIpc) is 3.17. The molecule has 1 aromatic heterocycles. The first-order valence-corrected chi connectivity index (χ1v) is 9.06. The van der Waals surface area contributed by atoms with Crippen molar-refractivity contribution in [3.05, 3.63) is 70.9 Å². The summed E-state index contributed by atoms with van der Waals surface area (Å²) in [6.45, 7) is -0.459. The SMILES string of the molecule is O=C(O)COc1ccccc1/C=N/NC(=O)c1[nH]nc2c1CCc1ccccc1-2. The maximum Gasteiger partial charge on any atom is 0.341 e. The number of para-hydroxylation sites is 1. The Labute approximate surface area is 166 Å². The fourth-order valence-corrected chi connectivity index (χ4v) is 3.32. The zero-order valence-electron chi connectivity index (χ0n) is 15.4. The number of hydrogen-bond donors (Lipinski definition) is 3. The van der Waals surface area contributed by atoms with E-state index < -0.39 is 18.5 Å². The highest BCUT2D eigenvalue weighted by atomic mass is 16.5. The Hall–Kier alpha value is -3.94. The number of amides is 1. The Balaban J connectivity index is 1.48. The summed E-state index contributed by atoms with van der Waals surface area (Å²) in [6.07, 6.45) is 2.98. The van der Waals surface area contributed by atoms with Gasteiger partial charge < -0.3 is 9.84 Å². The molecule has 2 aromatic carbocycles. The smallest absolute Gasteiger partial charge is 0.341 e. The van der Waals surface area contributed by atoms with Gasteiger partial charge in [-0.25, -0.2) is 10.2 Å². The van der Waals surface area contributed by atoms with E-state index >= 15 is 0 Å². The highest BCUT2D eigenvalue weighted by Gasteiger charge is 2.24. The number of aryl methyl sites for hydroxylation is 1. The number of rotatable bonds is 6. The molecule has 1 aliphatic rings. The lowest BCUT2D eigenvalue weighted by molar-refractivity contribution is -0.139. The van der Waals surface area contributed by atoms with Gasteiger partial charge in [0.1, 0.15) is 11.4 Å². The standard InChI is InChI=1S/C21H18N4O4/c26-18(27)12-29-17-8-4-2-6-14(17)11-22-25-21(28)20-16-10-9-13-5-1-3-7-15(13)19(16)23-24-20/h1-8,11H,9-10,12H2,(H,23,24)(H,25,28)(H,26,27)/b22-11+. The molecule has 0 unspecified atom stereocenters. The monoisotopic (exact) mass is 390 g/mol. The molecule has 1 heterocycles. The van der Waals surface area contributed by atoms with Crippen LogP contribution in [0.3, 0.4) is 0 Å². The summed E-state index contributed by atoms with van der Waals surface area (Å²) >= 11 is 0. The van der Waals surface area contributed by atoms with Gasteiger partial charge in [0.25, 0.3) is 5.91 Å². The molecule has 0 saturated heterocycles. The molecule has 1 aliphatic carbocycles. The van der Waals surface area contributed by atoms with E-state index in [0.29, 0.717) is 17.0 Å². The van der Waals surface area contributed by atoms with Gasteiger partial charge >= 0.3 is 5.97 Å². The van der Waals surface area contributed by atoms with Crippen molar-refractivity contribution in [3.63, 3.8) is 0 Å². The van der Waals surface area contributed by atoms with E-state index in [-0.39, 0.29) is 0 Å². The molecule has 0 fully saturated rings. The van der Waals surface area contributed by atoms with Crippen molar-refractivity contribution >= 4 is 18.1 Å². The highest BCUT2D eigenvalue weighted by molar-refractivity contribution is 5.96. The molecular formula is C21H18N4O4. The first-order chi connectivity index (χ1) is 14.1. The van der Waals surface area contributed by atoms with Gasteiger partial charge in [-0.15, -0.1) is 0 Å². The van der Waals surface area contributed by atoms with Crippen LogP contribution in [0.5, 0.6) is 5.75 Å². The number of aromatic nitrogens is 2. The van der Waals surface area contributed by atoms with Crippen LogP contribution in [-0.2, 0) is 17.6 Å². The second kappa shape index (κ2) is 7.97. The van der Waals surface area contributed by atoms with Crippen molar-refractivity contribution < 1.29 is 19.4 Å². The van der Waals surface area contributed by atoms with Crippen LogP contribution in [0.1, 0.15) is 27.2 Å². The predicted octanol–water partition coefficient (Wildman–Crippen LogP) is 2.40. The number of carboxylic acids is 1. The topological polar surface area (TPSA) is 117 Å². The van der Waals surface area contributed by atoms with Gasteiger partial charge in [0.15, 0.2) is 6.61 Å². The number of nitrogens with zero attached hydrogens (tertiary/aromatic N) is 2. The number of aliphatic carboxylic acids is 1. The number of nitrogens with one attached hydrogen (secondary N) is 2. The molecule has 0 bridgehead atoms. The minimum atomic E-state index is -1.07. The number of hydrazone groups is 1. The normalized spacial score (nSPS) is 12.3. The number of fused-ring (bicyclic) bond motifs is 3. The molecular weight excluding hydrogens is 372 g/mol. The largest absolute Gasteiger partial charge is 0.481 e. The van der Waals surface area contributed by atoms with Crippen molar-refractivity contribution in [1.29, 1.82) is 0 Å². The molecule has 8 heteroatoms. The molecule has 146 valence electrons. The van der Waals surface area contributed by atoms with Crippen LogP contribution in [0.15, 0.2) is 53.6 Å². The third-order valence-corrected chi connectivity index (χ3v) is 4.65. The molecule has 0 spiro atoms.